The molecule has 7 heteroatoms. The monoisotopic (exact) mass is 489 g/mol. The van der Waals surface area contributed by atoms with E-state index in [1.807, 2.05) is 54.6 Å². The molecule has 3 N–H and O–H groups in total. The van der Waals surface area contributed by atoms with Gasteiger partial charge in [-0.15, -0.1) is 0 Å². The van der Waals surface area contributed by atoms with Gasteiger partial charge in [-0.25, -0.2) is 4.79 Å². The van der Waals surface area contributed by atoms with E-state index in [4.69, 9.17) is 0 Å². The Balaban J connectivity index is 1.62. The van der Waals surface area contributed by atoms with Crippen molar-refractivity contribution in [1.82, 2.24) is 9.97 Å². The van der Waals surface area contributed by atoms with Crippen molar-refractivity contribution < 1.29 is 14.7 Å². The molecule has 0 fully saturated rings. The molecule has 1 atom stereocenters. The molecular formula is C30H23N3O4. The molecule has 1 amide bonds. The summed E-state index contributed by atoms with van der Waals surface area (Å²) in [7, 11) is 0. The molecule has 5 aromatic rings. The zero-order valence-corrected chi connectivity index (χ0v) is 19.7. The highest BCUT2D eigenvalue weighted by Crippen LogP contribution is 2.33. The molecule has 0 spiro atoms. The molecule has 0 radical (unpaired) electrons. The number of pyridine rings is 2. The summed E-state index contributed by atoms with van der Waals surface area (Å²) in [4.78, 5) is 45.4. The summed E-state index contributed by atoms with van der Waals surface area (Å²) in [6, 6.07) is 25.0. The van der Waals surface area contributed by atoms with Crippen molar-refractivity contribution >= 4 is 28.3 Å². The van der Waals surface area contributed by atoms with Crippen molar-refractivity contribution in [3.63, 3.8) is 0 Å². The van der Waals surface area contributed by atoms with Gasteiger partial charge in [0.15, 0.2) is 0 Å². The van der Waals surface area contributed by atoms with Crippen molar-refractivity contribution in [3.8, 4) is 11.1 Å². The molecule has 0 aliphatic carbocycles. The van der Waals surface area contributed by atoms with E-state index in [0.717, 1.165) is 21.9 Å². The number of benzene rings is 3. The van der Waals surface area contributed by atoms with E-state index in [0.29, 0.717) is 16.8 Å². The topological polar surface area (TPSA) is 112 Å². The summed E-state index contributed by atoms with van der Waals surface area (Å²) in [5.74, 6) is -2.26. The number of carboxylic acid groups (broad SMARTS) is 1. The second kappa shape index (κ2) is 10.3. The molecule has 2 aromatic heterocycles. The molecule has 0 aliphatic rings. The highest BCUT2D eigenvalue weighted by Gasteiger charge is 2.28. The molecule has 0 bridgehead atoms. The van der Waals surface area contributed by atoms with E-state index >= 15 is 0 Å². The van der Waals surface area contributed by atoms with Gasteiger partial charge in [0.25, 0.3) is 5.56 Å². The third-order valence-corrected chi connectivity index (χ3v) is 6.30. The van der Waals surface area contributed by atoms with Gasteiger partial charge in [0, 0.05) is 40.8 Å². The van der Waals surface area contributed by atoms with Gasteiger partial charge in [-0.1, -0.05) is 54.6 Å². The van der Waals surface area contributed by atoms with E-state index in [-0.39, 0.29) is 23.5 Å². The van der Waals surface area contributed by atoms with Gasteiger partial charge in [0.05, 0.1) is 11.5 Å². The van der Waals surface area contributed by atoms with Crippen molar-refractivity contribution in [3.05, 3.63) is 131 Å². The number of rotatable bonds is 7. The molecule has 2 heterocycles. The Kier molecular flexibility index (Phi) is 6.59. The van der Waals surface area contributed by atoms with Gasteiger partial charge in [0.2, 0.25) is 5.91 Å². The van der Waals surface area contributed by atoms with Crippen molar-refractivity contribution in [2.45, 2.75) is 12.3 Å². The predicted octanol–water partition coefficient (Wildman–Crippen LogP) is 5.25. The van der Waals surface area contributed by atoms with Crippen LogP contribution in [0.15, 0.2) is 108 Å². The molecular weight excluding hydrogens is 466 g/mol. The van der Waals surface area contributed by atoms with Gasteiger partial charge in [-0.3, -0.25) is 14.6 Å². The fourth-order valence-electron chi connectivity index (χ4n) is 4.50. The lowest BCUT2D eigenvalue weighted by atomic mass is 9.86. The first-order chi connectivity index (χ1) is 18.0. The summed E-state index contributed by atoms with van der Waals surface area (Å²) in [5, 5.41) is 13.9. The van der Waals surface area contributed by atoms with E-state index in [1.165, 1.54) is 24.3 Å². The number of hydrogen-bond donors (Lipinski definition) is 3. The molecule has 3 aromatic carbocycles. The van der Waals surface area contributed by atoms with Crippen molar-refractivity contribution in [2.75, 3.05) is 5.32 Å². The van der Waals surface area contributed by atoms with Crippen LogP contribution in [0.5, 0.6) is 0 Å². The second-order valence-electron chi connectivity index (χ2n) is 8.66. The Morgan fingerprint density at radius 2 is 1.59 bits per heavy atom. The molecule has 0 saturated carbocycles. The van der Waals surface area contributed by atoms with Gasteiger partial charge < -0.3 is 15.4 Å². The van der Waals surface area contributed by atoms with Crippen LogP contribution in [-0.4, -0.2) is 27.0 Å². The van der Waals surface area contributed by atoms with Gasteiger partial charge in [-0.2, -0.15) is 0 Å². The fourth-order valence-corrected chi connectivity index (χ4v) is 4.50. The number of amides is 1. The summed E-state index contributed by atoms with van der Waals surface area (Å²) in [5.41, 5.74) is 2.82. The number of H-pyrrole nitrogens is 1. The molecule has 1 unspecified atom stereocenters. The van der Waals surface area contributed by atoms with Crippen molar-refractivity contribution in [1.29, 1.82) is 0 Å². The van der Waals surface area contributed by atoms with Crippen LogP contribution < -0.4 is 10.9 Å². The summed E-state index contributed by atoms with van der Waals surface area (Å²) < 4.78 is 0. The molecule has 182 valence electrons. The fraction of sp³-hybridized carbons (Fsp3) is 0.0667. The first-order valence-electron chi connectivity index (χ1n) is 11.7. The number of carboxylic acids is 1. The number of nitrogens with one attached hydrogen (secondary N) is 2. The van der Waals surface area contributed by atoms with Gasteiger partial charge >= 0.3 is 5.97 Å². The SMILES string of the molecule is O=C(O)c1ccc(NC(=O)C(Cc2ccccc2)c2c(-c3cncc4ccccc34)cc[nH]c2=O)cc1. The largest absolute Gasteiger partial charge is 0.478 e. The maximum atomic E-state index is 13.7. The number of aromatic amines is 1. The number of hydrogen-bond acceptors (Lipinski definition) is 4. The normalized spacial score (nSPS) is 11.7. The third kappa shape index (κ3) is 5.01. The lowest BCUT2D eigenvalue weighted by Crippen LogP contribution is -2.29. The molecule has 37 heavy (non-hydrogen) atoms. The average molecular weight is 490 g/mol. The Hall–Kier alpha value is -5.04. The molecule has 0 aliphatic heterocycles. The lowest BCUT2D eigenvalue weighted by molar-refractivity contribution is -0.117. The van der Waals surface area contributed by atoms with E-state index < -0.39 is 11.9 Å². The Bertz CT molecular complexity index is 1640. The van der Waals surface area contributed by atoms with Gasteiger partial charge in [0.1, 0.15) is 0 Å². The Labute approximate surface area is 212 Å². The van der Waals surface area contributed by atoms with Crippen LogP contribution in [0.25, 0.3) is 21.9 Å². The number of anilines is 1. The first kappa shape index (κ1) is 23.7. The van der Waals surface area contributed by atoms with E-state index in [9.17, 15) is 19.5 Å². The van der Waals surface area contributed by atoms with Crippen LogP contribution in [0.3, 0.4) is 0 Å². The standard InChI is InChI=1S/C30H23N3O4/c34-28(33-22-12-10-20(11-13-22)30(36)37)25(16-19-6-2-1-3-7-19)27-24(14-15-32-29(27)35)26-18-31-17-21-8-4-5-9-23(21)26/h1-15,17-18,25H,16H2,(H,32,35)(H,33,34)(H,36,37). The Morgan fingerprint density at radius 3 is 2.35 bits per heavy atom. The number of carbonyl (C=O) groups excluding carboxylic acids is 1. The van der Waals surface area contributed by atoms with E-state index in [1.54, 1.807) is 24.7 Å². The van der Waals surface area contributed by atoms with Gasteiger partial charge in [-0.05, 0) is 53.3 Å². The second-order valence-corrected chi connectivity index (χ2v) is 8.66. The summed E-state index contributed by atoms with van der Waals surface area (Å²) in [6.07, 6.45) is 5.34. The molecule has 7 nitrogen and oxygen atoms in total. The minimum absolute atomic E-state index is 0.115. The minimum atomic E-state index is -1.05. The first-order valence-corrected chi connectivity index (χ1v) is 11.7. The maximum absolute atomic E-state index is 13.7. The number of fused-ring (bicyclic) bond motifs is 1. The Morgan fingerprint density at radius 1 is 0.865 bits per heavy atom. The smallest absolute Gasteiger partial charge is 0.335 e. The summed E-state index contributed by atoms with van der Waals surface area (Å²) >= 11 is 0. The number of aromatic nitrogens is 2. The number of aromatic carboxylic acids is 1. The minimum Gasteiger partial charge on any atom is -0.478 e. The van der Waals surface area contributed by atoms with Crippen LogP contribution in [0.2, 0.25) is 0 Å². The van der Waals surface area contributed by atoms with Crippen LogP contribution in [0.4, 0.5) is 5.69 Å². The number of carbonyl (C=O) groups is 2. The quantitative estimate of drug-likeness (QED) is 0.289. The number of nitrogens with zero attached hydrogens (tertiary/aromatic N) is 1. The average Bonchev–Trinajstić information content (AvgIpc) is 2.92. The van der Waals surface area contributed by atoms with Crippen LogP contribution in [0.1, 0.15) is 27.4 Å². The maximum Gasteiger partial charge on any atom is 0.335 e. The zero-order valence-electron chi connectivity index (χ0n) is 19.7. The lowest BCUT2D eigenvalue weighted by Gasteiger charge is -2.20. The highest BCUT2D eigenvalue weighted by atomic mass is 16.4. The molecule has 0 saturated heterocycles. The van der Waals surface area contributed by atoms with Crippen LogP contribution in [-0.2, 0) is 11.2 Å². The summed E-state index contributed by atoms with van der Waals surface area (Å²) in [6.45, 7) is 0. The molecule has 5 rings (SSSR count). The zero-order chi connectivity index (χ0) is 25.8. The van der Waals surface area contributed by atoms with E-state index in [2.05, 4.69) is 15.3 Å². The highest BCUT2D eigenvalue weighted by molar-refractivity contribution is 6.00. The van der Waals surface area contributed by atoms with Crippen LogP contribution >= 0.6 is 0 Å². The third-order valence-electron chi connectivity index (χ3n) is 6.30. The van der Waals surface area contributed by atoms with Crippen molar-refractivity contribution in [2.24, 2.45) is 0 Å². The van der Waals surface area contributed by atoms with Crippen LogP contribution in [0, 0.1) is 0 Å². The predicted molar refractivity (Wildman–Crippen MR) is 143 cm³/mol.